The second-order valence-electron chi connectivity index (χ2n) is 11.9. The summed E-state index contributed by atoms with van der Waals surface area (Å²) in [7, 11) is 0. The van der Waals surface area contributed by atoms with Gasteiger partial charge in [0.05, 0.1) is 23.2 Å². The van der Waals surface area contributed by atoms with Gasteiger partial charge in [0.1, 0.15) is 6.04 Å². The summed E-state index contributed by atoms with van der Waals surface area (Å²) in [5.41, 5.74) is 0. The smallest absolute Gasteiger partial charge is 0.311 e. The van der Waals surface area contributed by atoms with Gasteiger partial charge in [-0.15, -0.1) is 11.8 Å². The number of fused-ring (bicyclic) bond motifs is 2. The van der Waals surface area contributed by atoms with E-state index in [-0.39, 0.29) is 30.4 Å². The number of carbonyl (C=O) groups excluding carboxylic acids is 3. The van der Waals surface area contributed by atoms with Crippen molar-refractivity contribution >= 4 is 29.5 Å². The number of cyclic esters (lactones) is 1. The Balaban J connectivity index is 1.53. The number of hydrogen-bond donors (Lipinski definition) is 1. The molecule has 5 atom stereocenters. The molecule has 0 radical (unpaired) electrons. The quantitative estimate of drug-likeness (QED) is 0.293. The molecule has 1 N–H and O–H groups in total. The number of aliphatic hydroxyl groups is 1. The van der Waals surface area contributed by atoms with Crippen molar-refractivity contribution < 1.29 is 24.2 Å². The van der Waals surface area contributed by atoms with Crippen LogP contribution in [0.2, 0.25) is 0 Å². The van der Waals surface area contributed by atoms with Crippen molar-refractivity contribution in [2.24, 2.45) is 11.8 Å². The van der Waals surface area contributed by atoms with Crippen molar-refractivity contribution in [3.63, 3.8) is 0 Å². The van der Waals surface area contributed by atoms with Gasteiger partial charge in [0.25, 0.3) is 0 Å². The van der Waals surface area contributed by atoms with Crippen LogP contribution in [-0.2, 0) is 19.1 Å². The number of ether oxygens (including phenoxy) is 1. The number of rotatable bonds is 7. The molecule has 8 heteroatoms. The SMILES string of the molecule is C[C@]12/C=C\CCCCOC(=O)[C@H]1[C@H]1C(=O)N(CCCCCCO)C3C(=O)N(C4CCCCC4)CC=C[C@@]31S2. The molecule has 0 bridgehead atoms. The number of amides is 2. The third-order valence-corrected chi connectivity index (χ3v) is 11.2. The first kappa shape index (κ1) is 27.8. The molecule has 1 saturated carbocycles. The molecule has 1 spiro atoms. The summed E-state index contributed by atoms with van der Waals surface area (Å²) in [5, 5.41) is 9.17. The number of carbonyl (C=O) groups is 3. The van der Waals surface area contributed by atoms with E-state index in [0.717, 1.165) is 70.6 Å². The zero-order chi connectivity index (χ0) is 26.8. The van der Waals surface area contributed by atoms with Crippen molar-refractivity contribution in [2.45, 2.75) is 106 Å². The fraction of sp³-hybridized carbons (Fsp3) is 0.767. The van der Waals surface area contributed by atoms with Crippen LogP contribution in [0.25, 0.3) is 0 Å². The molecule has 7 nitrogen and oxygen atoms in total. The summed E-state index contributed by atoms with van der Waals surface area (Å²) in [6, 6.07) is -0.400. The van der Waals surface area contributed by atoms with Gasteiger partial charge in [-0.25, -0.2) is 0 Å². The zero-order valence-electron chi connectivity index (χ0n) is 22.8. The van der Waals surface area contributed by atoms with E-state index in [2.05, 4.69) is 31.2 Å². The molecule has 2 saturated heterocycles. The monoisotopic (exact) mass is 544 g/mol. The second-order valence-corrected chi connectivity index (χ2v) is 13.7. The molecule has 4 heterocycles. The summed E-state index contributed by atoms with van der Waals surface area (Å²) in [6.45, 7) is 3.67. The van der Waals surface area contributed by atoms with Crippen LogP contribution in [0.3, 0.4) is 0 Å². The van der Waals surface area contributed by atoms with Crippen molar-refractivity contribution in [1.82, 2.24) is 9.80 Å². The Bertz CT molecular complexity index is 962. The van der Waals surface area contributed by atoms with E-state index in [1.807, 2.05) is 9.80 Å². The van der Waals surface area contributed by atoms with Crippen molar-refractivity contribution in [1.29, 1.82) is 0 Å². The van der Waals surface area contributed by atoms with E-state index in [9.17, 15) is 14.4 Å². The fourth-order valence-corrected chi connectivity index (χ4v) is 9.68. The molecule has 3 fully saturated rings. The molecular formula is C30H44N2O5S. The summed E-state index contributed by atoms with van der Waals surface area (Å²) >= 11 is 1.64. The first-order chi connectivity index (χ1) is 18.4. The highest BCUT2D eigenvalue weighted by molar-refractivity contribution is 8.02. The largest absolute Gasteiger partial charge is 0.465 e. The van der Waals surface area contributed by atoms with Gasteiger partial charge in [0.15, 0.2) is 0 Å². The number of hydrogen-bond acceptors (Lipinski definition) is 6. The van der Waals surface area contributed by atoms with Gasteiger partial charge in [0, 0.05) is 30.5 Å². The normalized spacial score (nSPS) is 36.9. The Morgan fingerprint density at radius 2 is 1.74 bits per heavy atom. The Morgan fingerprint density at radius 1 is 0.947 bits per heavy atom. The van der Waals surface area contributed by atoms with Crippen molar-refractivity contribution in [2.75, 3.05) is 26.3 Å². The minimum atomic E-state index is -0.792. The molecular weight excluding hydrogens is 500 g/mol. The predicted octanol–water partition coefficient (Wildman–Crippen LogP) is 4.24. The Morgan fingerprint density at radius 3 is 2.53 bits per heavy atom. The van der Waals surface area contributed by atoms with Gasteiger partial charge in [-0.05, 0) is 51.9 Å². The summed E-state index contributed by atoms with van der Waals surface area (Å²) in [6.07, 6.45) is 20.0. The average Bonchev–Trinajstić information content (AvgIpc) is 3.23. The molecule has 2 amide bonds. The molecule has 0 aromatic carbocycles. The Labute approximate surface area is 231 Å². The lowest BCUT2D eigenvalue weighted by molar-refractivity contribution is -0.154. The third-order valence-electron chi connectivity index (χ3n) is 9.35. The molecule has 210 valence electrons. The first-order valence-electron chi connectivity index (χ1n) is 14.9. The van der Waals surface area contributed by atoms with E-state index in [1.54, 1.807) is 11.8 Å². The number of aliphatic hydroxyl groups excluding tert-OH is 1. The molecule has 1 aliphatic carbocycles. The van der Waals surface area contributed by atoms with Gasteiger partial charge in [-0.1, -0.05) is 56.4 Å². The van der Waals surface area contributed by atoms with Gasteiger partial charge >= 0.3 is 5.97 Å². The molecule has 0 aromatic rings. The summed E-state index contributed by atoms with van der Waals surface area (Å²) in [4.78, 5) is 46.3. The molecule has 5 rings (SSSR count). The van der Waals surface area contributed by atoms with E-state index in [0.29, 0.717) is 19.7 Å². The Kier molecular flexibility index (Phi) is 8.58. The van der Waals surface area contributed by atoms with Crippen molar-refractivity contribution in [3.8, 4) is 0 Å². The third kappa shape index (κ3) is 4.96. The lowest BCUT2D eigenvalue weighted by atomic mass is 9.74. The standard InChI is InChI=1S/C30H44N2O5S/c1-29-16-9-2-5-12-21-37-28(36)24(29)23-26(34)32(18-10-3-4-11-20-33)25-27(35)31(22-14-7-6-8-15-22)19-13-17-30(23,25)38-29/h9,13,16-17,22-25,33H,2-8,10-12,14-15,18-21H2,1H3/b16-9-/t23-,24+,25?,29-,30-/m0/s1. The van der Waals surface area contributed by atoms with Gasteiger partial charge in [-0.2, -0.15) is 0 Å². The van der Waals surface area contributed by atoms with Gasteiger partial charge < -0.3 is 19.6 Å². The molecule has 4 aliphatic heterocycles. The van der Waals surface area contributed by atoms with E-state index in [4.69, 9.17) is 9.84 Å². The number of unbranched alkanes of at least 4 members (excludes halogenated alkanes) is 3. The van der Waals surface area contributed by atoms with Crippen LogP contribution in [0.1, 0.15) is 84.0 Å². The maximum absolute atomic E-state index is 14.5. The summed E-state index contributed by atoms with van der Waals surface area (Å²) < 4.78 is 4.35. The van der Waals surface area contributed by atoms with E-state index >= 15 is 0 Å². The average molecular weight is 545 g/mol. The van der Waals surface area contributed by atoms with Crippen LogP contribution >= 0.6 is 11.8 Å². The molecule has 1 unspecified atom stereocenters. The van der Waals surface area contributed by atoms with Crippen molar-refractivity contribution in [3.05, 3.63) is 24.3 Å². The molecule has 0 aromatic heterocycles. The van der Waals surface area contributed by atoms with E-state index in [1.165, 1.54) is 6.42 Å². The lowest BCUT2D eigenvalue weighted by Gasteiger charge is -2.40. The Hall–Kier alpha value is -1.80. The highest BCUT2D eigenvalue weighted by atomic mass is 32.2. The number of likely N-dealkylation sites (tertiary alicyclic amines) is 1. The topological polar surface area (TPSA) is 87.1 Å². The highest BCUT2D eigenvalue weighted by Crippen LogP contribution is 2.65. The second kappa shape index (κ2) is 11.7. The maximum atomic E-state index is 14.5. The zero-order valence-corrected chi connectivity index (χ0v) is 23.6. The van der Waals surface area contributed by atoms with Crippen LogP contribution in [-0.4, -0.2) is 80.6 Å². The van der Waals surface area contributed by atoms with Gasteiger partial charge in [-0.3, -0.25) is 14.4 Å². The molecule has 5 aliphatic rings. The van der Waals surface area contributed by atoms with Crippen LogP contribution in [0.15, 0.2) is 24.3 Å². The van der Waals surface area contributed by atoms with E-state index < -0.39 is 27.4 Å². The van der Waals surface area contributed by atoms with Gasteiger partial charge in [0.2, 0.25) is 11.8 Å². The van der Waals surface area contributed by atoms with Crippen LogP contribution in [0.4, 0.5) is 0 Å². The van der Waals surface area contributed by atoms with Crippen LogP contribution in [0, 0.1) is 11.8 Å². The first-order valence-corrected chi connectivity index (χ1v) is 15.7. The summed E-state index contributed by atoms with van der Waals surface area (Å²) in [5.74, 6) is -1.59. The van der Waals surface area contributed by atoms with Crippen LogP contribution in [0.5, 0.6) is 0 Å². The number of allylic oxidation sites excluding steroid dienone is 1. The van der Waals surface area contributed by atoms with Crippen LogP contribution < -0.4 is 0 Å². The maximum Gasteiger partial charge on any atom is 0.311 e. The minimum Gasteiger partial charge on any atom is -0.465 e. The molecule has 38 heavy (non-hydrogen) atoms. The fourth-order valence-electron chi connectivity index (χ4n) is 7.52. The lowest BCUT2D eigenvalue weighted by Crippen LogP contribution is -2.55. The number of nitrogens with zero attached hydrogens (tertiary/aromatic N) is 2. The highest BCUT2D eigenvalue weighted by Gasteiger charge is 2.73. The number of esters is 1. The minimum absolute atomic E-state index is 0.0465. The predicted molar refractivity (Wildman–Crippen MR) is 148 cm³/mol. The number of thioether (sulfide) groups is 1.